The van der Waals surface area contributed by atoms with Crippen molar-refractivity contribution in [2.75, 3.05) is 45.9 Å². The first-order valence-corrected chi connectivity index (χ1v) is 12.0. The summed E-state index contributed by atoms with van der Waals surface area (Å²) in [5.41, 5.74) is 0. The molecule has 30 heavy (non-hydrogen) atoms. The minimum Gasteiger partial charge on any atom is -0.466 e. The Bertz CT molecular complexity index is 648. The number of halogens is 1. The zero-order valence-corrected chi connectivity index (χ0v) is 21.5. The fourth-order valence-corrected chi connectivity index (χ4v) is 5.04. The highest BCUT2D eigenvalue weighted by Gasteiger charge is 2.27. The smallest absolute Gasteiger partial charge is 0.309 e. The minimum atomic E-state index is -0.0397. The summed E-state index contributed by atoms with van der Waals surface area (Å²) in [7, 11) is 0. The van der Waals surface area contributed by atoms with Crippen molar-refractivity contribution in [2.24, 2.45) is 16.8 Å². The van der Waals surface area contributed by atoms with Gasteiger partial charge in [0.1, 0.15) is 0 Å². The molecule has 0 aromatic carbocycles. The van der Waals surface area contributed by atoms with Crippen molar-refractivity contribution in [3.8, 4) is 0 Å². The van der Waals surface area contributed by atoms with Crippen molar-refractivity contribution >= 4 is 47.2 Å². The molecule has 0 spiro atoms. The standard InChI is InChI=1S/C22H36N4O2S.HI/c1-3-23-22(26-12-9-19(10-13-26)21(27)28-4-2)24-15-18-7-5-11-25(16-18)17-20-8-6-14-29-20;/h6,8,14,18-19H,3-5,7,9-13,15-17H2,1-2H3,(H,23,24);1H. The number of carbonyl (C=O) groups is 1. The van der Waals surface area contributed by atoms with Crippen LogP contribution in [0.5, 0.6) is 0 Å². The molecule has 0 aliphatic carbocycles. The fraction of sp³-hybridized carbons (Fsp3) is 0.727. The number of esters is 1. The van der Waals surface area contributed by atoms with E-state index in [9.17, 15) is 4.79 Å². The summed E-state index contributed by atoms with van der Waals surface area (Å²) in [6.07, 6.45) is 4.21. The van der Waals surface area contributed by atoms with Gasteiger partial charge < -0.3 is 15.0 Å². The maximum Gasteiger partial charge on any atom is 0.309 e. The molecule has 2 saturated heterocycles. The number of ether oxygens (including phenoxy) is 1. The topological polar surface area (TPSA) is 57.2 Å². The van der Waals surface area contributed by atoms with Gasteiger partial charge in [-0.15, -0.1) is 35.3 Å². The number of aliphatic imine (C=N–C) groups is 1. The third-order valence-electron chi connectivity index (χ3n) is 5.81. The number of rotatable bonds is 7. The Morgan fingerprint density at radius 2 is 2.07 bits per heavy atom. The molecule has 2 aliphatic rings. The molecule has 0 saturated carbocycles. The molecule has 2 aliphatic heterocycles. The molecule has 3 heterocycles. The second-order valence-electron chi connectivity index (χ2n) is 8.03. The van der Waals surface area contributed by atoms with E-state index in [1.165, 1.54) is 24.3 Å². The number of guanidine groups is 1. The van der Waals surface area contributed by atoms with Gasteiger partial charge in [-0.2, -0.15) is 0 Å². The molecule has 1 N–H and O–H groups in total. The second kappa shape index (κ2) is 13.5. The maximum absolute atomic E-state index is 12.0. The van der Waals surface area contributed by atoms with Crippen molar-refractivity contribution in [3.05, 3.63) is 22.4 Å². The van der Waals surface area contributed by atoms with Gasteiger partial charge in [0.2, 0.25) is 0 Å². The lowest BCUT2D eigenvalue weighted by molar-refractivity contribution is -0.149. The van der Waals surface area contributed by atoms with E-state index >= 15 is 0 Å². The number of carbonyl (C=O) groups excluding carboxylic acids is 1. The molecule has 8 heteroatoms. The highest BCUT2D eigenvalue weighted by molar-refractivity contribution is 14.0. The second-order valence-corrected chi connectivity index (χ2v) is 9.06. The van der Waals surface area contributed by atoms with Crippen molar-refractivity contribution in [1.29, 1.82) is 0 Å². The number of hydrogen-bond donors (Lipinski definition) is 1. The summed E-state index contributed by atoms with van der Waals surface area (Å²) in [6.45, 7) is 11.3. The number of piperidine rings is 2. The fourth-order valence-electron chi connectivity index (χ4n) is 4.30. The van der Waals surface area contributed by atoms with Crippen LogP contribution in [0.15, 0.2) is 22.5 Å². The summed E-state index contributed by atoms with van der Waals surface area (Å²) in [5.74, 6) is 1.62. The van der Waals surface area contributed by atoms with E-state index in [1.807, 2.05) is 18.3 Å². The maximum atomic E-state index is 12.0. The van der Waals surface area contributed by atoms with Gasteiger partial charge in [-0.1, -0.05) is 6.07 Å². The van der Waals surface area contributed by atoms with Gasteiger partial charge in [0.05, 0.1) is 12.5 Å². The van der Waals surface area contributed by atoms with Crippen LogP contribution in [0.3, 0.4) is 0 Å². The summed E-state index contributed by atoms with van der Waals surface area (Å²) in [6, 6.07) is 4.37. The molecule has 0 bridgehead atoms. The van der Waals surface area contributed by atoms with Crippen molar-refractivity contribution in [2.45, 2.75) is 46.1 Å². The highest BCUT2D eigenvalue weighted by atomic mass is 127. The molecule has 1 aromatic heterocycles. The molecule has 0 radical (unpaired) electrons. The number of hydrogen-bond acceptors (Lipinski definition) is 5. The first-order chi connectivity index (χ1) is 14.2. The molecule has 1 atom stereocenters. The quantitative estimate of drug-likeness (QED) is 0.243. The van der Waals surface area contributed by atoms with Gasteiger partial charge in [0.15, 0.2) is 5.96 Å². The zero-order valence-electron chi connectivity index (χ0n) is 18.3. The SMILES string of the molecule is CCNC(=NCC1CCCN(Cc2cccs2)C1)N1CCC(C(=O)OCC)CC1.I. The van der Waals surface area contributed by atoms with Crippen molar-refractivity contribution < 1.29 is 9.53 Å². The van der Waals surface area contributed by atoms with Gasteiger partial charge in [-0.3, -0.25) is 14.7 Å². The van der Waals surface area contributed by atoms with E-state index < -0.39 is 0 Å². The zero-order chi connectivity index (χ0) is 20.5. The first-order valence-electron chi connectivity index (χ1n) is 11.1. The predicted molar refractivity (Wildman–Crippen MR) is 135 cm³/mol. The Morgan fingerprint density at radius 1 is 1.27 bits per heavy atom. The molecule has 2 fully saturated rings. The van der Waals surface area contributed by atoms with Crippen LogP contribution in [0, 0.1) is 11.8 Å². The van der Waals surface area contributed by atoms with Crippen LogP contribution in [0.2, 0.25) is 0 Å². The molecular formula is C22H37IN4O2S. The van der Waals surface area contributed by atoms with Crippen molar-refractivity contribution in [1.82, 2.24) is 15.1 Å². The van der Waals surface area contributed by atoms with Gasteiger partial charge in [-0.25, -0.2) is 0 Å². The molecule has 1 aromatic rings. The minimum absolute atomic E-state index is 0. The Balaban J connectivity index is 0.00000320. The molecular weight excluding hydrogens is 511 g/mol. The Kier molecular flexibility index (Phi) is 11.4. The van der Waals surface area contributed by atoms with Gasteiger partial charge in [0, 0.05) is 44.1 Å². The molecule has 3 rings (SSSR count). The number of likely N-dealkylation sites (tertiary alicyclic amines) is 2. The predicted octanol–water partition coefficient (Wildman–Crippen LogP) is 3.82. The van der Waals surface area contributed by atoms with Crippen LogP contribution < -0.4 is 5.32 Å². The highest BCUT2D eigenvalue weighted by Crippen LogP contribution is 2.22. The number of thiophene rings is 1. The Labute approximate surface area is 202 Å². The van der Waals surface area contributed by atoms with Crippen molar-refractivity contribution in [3.63, 3.8) is 0 Å². The monoisotopic (exact) mass is 548 g/mol. The van der Waals surface area contributed by atoms with Crippen LogP contribution in [0.1, 0.15) is 44.4 Å². The van der Waals surface area contributed by atoms with E-state index in [1.54, 1.807) is 0 Å². The van der Waals surface area contributed by atoms with Crippen LogP contribution in [0.25, 0.3) is 0 Å². The van der Waals surface area contributed by atoms with Gasteiger partial charge in [0.25, 0.3) is 0 Å². The van der Waals surface area contributed by atoms with Crippen LogP contribution >= 0.6 is 35.3 Å². The summed E-state index contributed by atoms with van der Waals surface area (Å²) in [5, 5.41) is 5.62. The lowest BCUT2D eigenvalue weighted by atomic mass is 9.97. The van der Waals surface area contributed by atoms with Crippen LogP contribution in [-0.4, -0.2) is 67.6 Å². The normalized spacial score (nSPS) is 21.2. The van der Waals surface area contributed by atoms with E-state index in [0.717, 1.165) is 58.1 Å². The summed E-state index contributed by atoms with van der Waals surface area (Å²) >= 11 is 1.85. The van der Waals surface area contributed by atoms with Gasteiger partial charge >= 0.3 is 5.97 Å². The third-order valence-corrected chi connectivity index (χ3v) is 6.67. The average Bonchev–Trinajstić information content (AvgIpc) is 3.25. The van der Waals surface area contributed by atoms with E-state index in [2.05, 4.69) is 39.6 Å². The third kappa shape index (κ3) is 7.67. The molecule has 170 valence electrons. The van der Waals surface area contributed by atoms with E-state index in [4.69, 9.17) is 9.73 Å². The Morgan fingerprint density at radius 3 is 2.73 bits per heavy atom. The van der Waals surface area contributed by atoms with Gasteiger partial charge in [-0.05, 0) is 63.4 Å². The number of nitrogens with zero attached hydrogens (tertiary/aromatic N) is 3. The Hall–Kier alpha value is -0.870. The molecule has 0 amide bonds. The average molecular weight is 549 g/mol. The van der Waals surface area contributed by atoms with Crippen LogP contribution in [0.4, 0.5) is 0 Å². The number of nitrogens with one attached hydrogen (secondary N) is 1. The molecule has 6 nitrogen and oxygen atoms in total. The summed E-state index contributed by atoms with van der Waals surface area (Å²) < 4.78 is 5.19. The van der Waals surface area contributed by atoms with Crippen LogP contribution in [-0.2, 0) is 16.1 Å². The van der Waals surface area contributed by atoms with E-state index in [-0.39, 0.29) is 35.9 Å². The lowest BCUT2D eigenvalue weighted by Gasteiger charge is -2.34. The summed E-state index contributed by atoms with van der Waals surface area (Å²) in [4.78, 5) is 23.3. The first kappa shape index (κ1) is 25.4. The lowest BCUT2D eigenvalue weighted by Crippen LogP contribution is -2.47. The van der Waals surface area contributed by atoms with E-state index in [0.29, 0.717) is 12.5 Å². The molecule has 1 unspecified atom stereocenters. The largest absolute Gasteiger partial charge is 0.466 e.